The second-order valence-corrected chi connectivity index (χ2v) is 2.26. The van der Waals surface area contributed by atoms with E-state index in [0.29, 0.717) is 5.92 Å². The molecule has 9 heavy (non-hydrogen) atoms. The molecule has 0 heteroatoms. The smallest absolute Gasteiger partial charge is 0.00540 e. The minimum absolute atomic E-state index is 0.475. The van der Waals surface area contributed by atoms with E-state index >= 15 is 0 Å². The van der Waals surface area contributed by atoms with Gasteiger partial charge in [0, 0.05) is 0 Å². The fraction of sp³-hybridized carbons (Fsp3) is 0.333. The zero-order valence-electron chi connectivity index (χ0n) is 6.22. The van der Waals surface area contributed by atoms with Gasteiger partial charge in [0.05, 0.1) is 0 Å². The highest BCUT2D eigenvalue weighted by atomic mass is 14.0. The van der Waals surface area contributed by atoms with Crippen molar-refractivity contribution in [3.8, 4) is 0 Å². The lowest BCUT2D eigenvalue weighted by molar-refractivity contribution is 0.868. The maximum atomic E-state index is 3.82. The molecule has 0 bridgehead atoms. The van der Waals surface area contributed by atoms with Crippen LogP contribution in [0.2, 0.25) is 0 Å². The van der Waals surface area contributed by atoms with Crippen molar-refractivity contribution in [3.05, 3.63) is 37.0 Å². The van der Waals surface area contributed by atoms with Gasteiger partial charge in [0.25, 0.3) is 0 Å². The van der Waals surface area contributed by atoms with E-state index in [-0.39, 0.29) is 0 Å². The van der Waals surface area contributed by atoms with Crippen molar-refractivity contribution in [2.75, 3.05) is 0 Å². The molecule has 0 aromatic rings. The summed E-state index contributed by atoms with van der Waals surface area (Å²) in [7, 11) is 0. The summed E-state index contributed by atoms with van der Waals surface area (Å²) in [6, 6.07) is 0. The Bertz CT molecular complexity index is 129. The first-order valence-corrected chi connectivity index (χ1v) is 3.13. The molecular formula is C9H14. The number of hydrogen-bond donors (Lipinski definition) is 0. The summed E-state index contributed by atoms with van der Waals surface area (Å²) < 4.78 is 0. The molecule has 0 fully saturated rings. The summed E-state index contributed by atoms with van der Waals surface area (Å²) in [6.07, 6.45) is 5.80. The van der Waals surface area contributed by atoms with Crippen LogP contribution in [-0.4, -0.2) is 0 Å². The first kappa shape index (κ1) is 8.22. The molecule has 1 unspecified atom stereocenters. The number of allylic oxidation sites excluding steroid dienone is 4. The van der Waals surface area contributed by atoms with Crippen molar-refractivity contribution in [2.24, 2.45) is 5.92 Å². The predicted octanol–water partition coefficient (Wildman–Crippen LogP) is 2.94. The Morgan fingerprint density at radius 3 is 2.44 bits per heavy atom. The van der Waals surface area contributed by atoms with Crippen molar-refractivity contribution in [2.45, 2.75) is 13.8 Å². The SMILES string of the molecule is C=CC=CC(C)C(=C)C. The van der Waals surface area contributed by atoms with Crippen LogP contribution in [0.4, 0.5) is 0 Å². The molecule has 0 aromatic carbocycles. The average molecular weight is 122 g/mol. The normalized spacial score (nSPS) is 13.6. The largest absolute Gasteiger partial charge is 0.0996 e. The van der Waals surface area contributed by atoms with Crippen LogP contribution in [0.5, 0.6) is 0 Å². The Hall–Kier alpha value is -0.780. The van der Waals surface area contributed by atoms with E-state index in [1.807, 2.05) is 13.0 Å². The molecule has 0 radical (unpaired) electrons. The van der Waals surface area contributed by atoms with Gasteiger partial charge in [0.1, 0.15) is 0 Å². The van der Waals surface area contributed by atoms with E-state index in [2.05, 4.69) is 26.2 Å². The Kier molecular flexibility index (Phi) is 3.78. The molecule has 0 heterocycles. The Morgan fingerprint density at radius 1 is 1.56 bits per heavy atom. The van der Waals surface area contributed by atoms with Gasteiger partial charge in [0.15, 0.2) is 0 Å². The van der Waals surface area contributed by atoms with E-state index < -0.39 is 0 Å². The highest BCUT2D eigenvalue weighted by Crippen LogP contribution is 2.07. The molecule has 0 saturated heterocycles. The van der Waals surface area contributed by atoms with Gasteiger partial charge in [-0.2, -0.15) is 0 Å². The third-order valence-electron chi connectivity index (χ3n) is 1.31. The molecule has 0 nitrogen and oxygen atoms in total. The molecular weight excluding hydrogens is 108 g/mol. The van der Waals surface area contributed by atoms with E-state index in [1.54, 1.807) is 6.08 Å². The lowest BCUT2D eigenvalue weighted by Gasteiger charge is -2.01. The van der Waals surface area contributed by atoms with E-state index in [0.717, 1.165) is 0 Å². The second-order valence-electron chi connectivity index (χ2n) is 2.26. The number of rotatable bonds is 3. The average Bonchev–Trinajstić information content (AvgIpc) is 1.82. The Labute approximate surface area is 57.6 Å². The maximum absolute atomic E-state index is 3.82. The molecule has 0 amide bonds. The van der Waals surface area contributed by atoms with Crippen molar-refractivity contribution in [3.63, 3.8) is 0 Å². The Balaban J connectivity index is 3.75. The molecule has 0 saturated carbocycles. The van der Waals surface area contributed by atoms with Crippen LogP contribution < -0.4 is 0 Å². The van der Waals surface area contributed by atoms with Gasteiger partial charge in [0.2, 0.25) is 0 Å². The molecule has 1 atom stereocenters. The van der Waals surface area contributed by atoms with Crippen LogP contribution in [-0.2, 0) is 0 Å². The first-order chi connectivity index (χ1) is 4.18. The fourth-order valence-electron chi connectivity index (χ4n) is 0.410. The van der Waals surface area contributed by atoms with Gasteiger partial charge in [-0.05, 0) is 12.8 Å². The summed E-state index contributed by atoms with van der Waals surface area (Å²) in [6.45, 7) is 11.5. The zero-order valence-corrected chi connectivity index (χ0v) is 6.22. The summed E-state index contributed by atoms with van der Waals surface area (Å²) in [5, 5.41) is 0. The van der Waals surface area contributed by atoms with E-state index in [1.165, 1.54) is 5.57 Å². The van der Waals surface area contributed by atoms with Gasteiger partial charge < -0.3 is 0 Å². The third kappa shape index (κ3) is 3.77. The Morgan fingerprint density at radius 2 is 2.11 bits per heavy atom. The van der Waals surface area contributed by atoms with Gasteiger partial charge in [-0.15, -0.1) is 0 Å². The van der Waals surface area contributed by atoms with Crippen molar-refractivity contribution >= 4 is 0 Å². The van der Waals surface area contributed by atoms with Crippen molar-refractivity contribution < 1.29 is 0 Å². The van der Waals surface area contributed by atoms with Crippen molar-refractivity contribution in [1.29, 1.82) is 0 Å². The summed E-state index contributed by atoms with van der Waals surface area (Å²) in [5.74, 6) is 0.475. The van der Waals surface area contributed by atoms with Gasteiger partial charge >= 0.3 is 0 Å². The molecule has 0 rings (SSSR count). The molecule has 0 aliphatic heterocycles. The minimum Gasteiger partial charge on any atom is -0.0996 e. The van der Waals surface area contributed by atoms with Crippen LogP contribution in [0, 0.1) is 5.92 Å². The summed E-state index contributed by atoms with van der Waals surface area (Å²) in [5.41, 5.74) is 1.19. The van der Waals surface area contributed by atoms with Crippen LogP contribution in [0.15, 0.2) is 37.0 Å². The zero-order chi connectivity index (χ0) is 7.28. The number of hydrogen-bond acceptors (Lipinski definition) is 0. The van der Waals surface area contributed by atoms with Gasteiger partial charge in [-0.25, -0.2) is 0 Å². The van der Waals surface area contributed by atoms with Gasteiger partial charge in [-0.1, -0.05) is 43.9 Å². The van der Waals surface area contributed by atoms with Crippen LogP contribution in [0.1, 0.15) is 13.8 Å². The predicted molar refractivity (Wildman–Crippen MR) is 43.3 cm³/mol. The molecule has 0 aliphatic rings. The monoisotopic (exact) mass is 122 g/mol. The molecule has 0 N–H and O–H groups in total. The molecule has 0 spiro atoms. The maximum Gasteiger partial charge on any atom is -0.00540 e. The van der Waals surface area contributed by atoms with E-state index in [9.17, 15) is 0 Å². The van der Waals surface area contributed by atoms with Crippen LogP contribution >= 0.6 is 0 Å². The quantitative estimate of drug-likeness (QED) is 0.399. The minimum atomic E-state index is 0.475. The van der Waals surface area contributed by atoms with Crippen LogP contribution in [0.25, 0.3) is 0 Å². The molecule has 0 aliphatic carbocycles. The van der Waals surface area contributed by atoms with E-state index in [4.69, 9.17) is 0 Å². The van der Waals surface area contributed by atoms with Crippen molar-refractivity contribution in [1.82, 2.24) is 0 Å². The topological polar surface area (TPSA) is 0 Å². The summed E-state index contributed by atoms with van der Waals surface area (Å²) in [4.78, 5) is 0. The highest BCUT2D eigenvalue weighted by Gasteiger charge is 1.92. The first-order valence-electron chi connectivity index (χ1n) is 3.13. The van der Waals surface area contributed by atoms with Gasteiger partial charge in [-0.3, -0.25) is 0 Å². The summed E-state index contributed by atoms with van der Waals surface area (Å²) >= 11 is 0. The highest BCUT2D eigenvalue weighted by molar-refractivity contribution is 5.08. The third-order valence-corrected chi connectivity index (χ3v) is 1.31. The lowest BCUT2D eigenvalue weighted by Crippen LogP contribution is -1.87. The second kappa shape index (κ2) is 4.13. The molecule has 50 valence electrons. The standard InChI is InChI=1S/C9H14/c1-5-6-7-9(4)8(2)3/h5-7,9H,1-2H2,3-4H3. The lowest BCUT2D eigenvalue weighted by atomic mass is 10.0. The molecule has 0 aromatic heterocycles. The fourth-order valence-corrected chi connectivity index (χ4v) is 0.410. The van der Waals surface area contributed by atoms with Crippen LogP contribution in [0.3, 0.4) is 0 Å².